The summed E-state index contributed by atoms with van der Waals surface area (Å²) in [5.74, 6) is 0.765. The fourth-order valence-electron chi connectivity index (χ4n) is 9.44. The smallest absolute Gasteiger partial charge is 0.161 e. The molecule has 8 aromatic carbocycles. The molecule has 0 bridgehead atoms. The maximum atomic E-state index is 5.26. The van der Waals surface area contributed by atoms with Gasteiger partial charge >= 0.3 is 0 Å². The number of benzene rings is 8. The Morgan fingerprint density at radius 2 is 1.04 bits per heavy atom. The minimum absolute atomic E-state index is 0.494. The number of hydrogen-bond donors (Lipinski definition) is 0. The summed E-state index contributed by atoms with van der Waals surface area (Å²) in [6.07, 6.45) is 0. The Morgan fingerprint density at radius 3 is 1.91 bits per heavy atom. The molecule has 4 heteroatoms. The molecule has 0 fully saturated rings. The number of nitrogens with zero attached hydrogens (tertiary/aromatic N) is 3. The monoisotopic (exact) mass is 825 g/mol. The largest absolute Gasteiger partial charge is 0.309 e. The van der Waals surface area contributed by atoms with E-state index in [1.54, 1.807) is 0 Å². The summed E-state index contributed by atoms with van der Waals surface area (Å²) in [6.45, 7) is 0. The summed E-state index contributed by atoms with van der Waals surface area (Å²) in [5, 5.41) is 2.58. The third-order valence-electron chi connectivity index (χ3n) is 11.8. The van der Waals surface area contributed by atoms with Gasteiger partial charge in [0.2, 0.25) is 0 Å². The van der Waals surface area contributed by atoms with Gasteiger partial charge in [-0.15, -0.1) is 0 Å². The van der Waals surface area contributed by atoms with Gasteiger partial charge in [-0.05, 0) is 89.5 Å². The Balaban J connectivity index is 1.07. The SMILES string of the molecule is c1ccc(C2=NC(c3cccc(-c4ccc5c(c4)C4(c6ccccc6-5)c5ccccc5-n5c6ccccc6c6cccc4c65)c3)=NC(c3ccccc3)=I2)cc1. The van der Waals surface area contributed by atoms with E-state index < -0.39 is 26.1 Å². The summed E-state index contributed by atoms with van der Waals surface area (Å²) in [6, 6.07) is 71.1. The highest BCUT2D eigenvalue weighted by Gasteiger charge is 2.50. The minimum Gasteiger partial charge on any atom is -0.309 e. The molecule has 0 N–H and O–H groups in total. The van der Waals surface area contributed by atoms with Crippen molar-refractivity contribution in [3.8, 4) is 27.9 Å². The van der Waals surface area contributed by atoms with Crippen LogP contribution in [0, 0.1) is 0 Å². The molecule has 2 aliphatic heterocycles. The number of amidine groups is 1. The van der Waals surface area contributed by atoms with Crippen LogP contribution in [0.25, 0.3) is 49.7 Å². The van der Waals surface area contributed by atoms with Crippen LogP contribution in [0.2, 0.25) is 0 Å². The lowest BCUT2D eigenvalue weighted by Crippen LogP contribution is -2.33. The number of aromatic nitrogens is 1. The van der Waals surface area contributed by atoms with Crippen LogP contribution in [-0.4, -0.2) is 17.8 Å². The highest BCUT2D eigenvalue weighted by molar-refractivity contribution is 14.2. The number of halogens is 1. The van der Waals surface area contributed by atoms with Gasteiger partial charge in [-0.1, -0.05) is 170 Å². The molecule has 3 aliphatic rings. The van der Waals surface area contributed by atoms with Gasteiger partial charge in [-0.2, -0.15) is 0 Å². The standard InChI is InChI=1S/C52H32IN3/c1-3-15-33(16-4-1)49-53-50(34-17-5-2-6-18-34)55-51(54-49)37-20-13-19-35(31-37)36-29-30-39-38-21-7-9-24-42(38)52(45(39)32-36)43-25-10-12-28-47(43)56-46-27-11-8-22-40(46)41-23-14-26-44(52)48(41)56/h1-32H. The molecule has 1 unspecified atom stereocenters. The molecule has 3 nitrogen and oxygen atoms in total. The molecule has 0 radical (unpaired) electrons. The number of para-hydroxylation sites is 3. The average Bonchev–Trinajstić information content (AvgIpc) is 3.77. The van der Waals surface area contributed by atoms with Gasteiger partial charge in [0, 0.05) is 27.5 Å². The van der Waals surface area contributed by atoms with Crippen molar-refractivity contribution in [2.24, 2.45) is 9.98 Å². The van der Waals surface area contributed by atoms with E-state index in [-0.39, 0.29) is 0 Å². The molecule has 0 amide bonds. The van der Waals surface area contributed by atoms with Gasteiger partial charge in [0.15, 0.2) is 5.84 Å². The van der Waals surface area contributed by atoms with Crippen LogP contribution in [0.5, 0.6) is 0 Å². The van der Waals surface area contributed by atoms with E-state index in [1.807, 2.05) is 0 Å². The molecule has 3 heterocycles. The van der Waals surface area contributed by atoms with Crippen LogP contribution in [0.1, 0.15) is 38.9 Å². The molecule has 56 heavy (non-hydrogen) atoms. The maximum Gasteiger partial charge on any atom is 0.161 e. The Bertz CT molecular complexity index is 3150. The van der Waals surface area contributed by atoms with Gasteiger partial charge in [0.25, 0.3) is 0 Å². The summed E-state index contributed by atoms with van der Waals surface area (Å²) in [5.41, 5.74) is 16.8. The zero-order chi connectivity index (χ0) is 36.8. The third-order valence-corrected chi connectivity index (χ3v) is 14.5. The van der Waals surface area contributed by atoms with Crippen LogP contribution < -0.4 is 0 Å². The first kappa shape index (κ1) is 31.8. The molecule has 1 atom stereocenters. The van der Waals surface area contributed by atoms with Crippen molar-refractivity contribution in [1.82, 2.24) is 4.57 Å². The van der Waals surface area contributed by atoms with Gasteiger partial charge in [0.05, 0.1) is 22.1 Å². The molecular formula is C52H32IN3. The van der Waals surface area contributed by atoms with E-state index in [9.17, 15) is 0 Å². The van der Waals surface area contributed by atoms with Gasteiger partial charge in [0.1, 0.15) is 7.35 Å². The highest BCUT2D eigenvalue weighted by atomic mass is 127. The average molecular weight is 826 g/mol. The van der Waals surface area contributed by atoms with E-state index >= 15 is 0 Å². The maximum absolute atomic E-state index is 5.26. The lowest BCUT2D eigenvalue weighted by atomic mass is 9.65. The van der Waals surface area contributed by atoms with Gasteiger partial charge in [-0.25, -0.2) is 9.98 Å². The van der Waals surface area contributed by atoms with Crippen LogP contribution in [0.15, 0.2) is 204 Å². The second-order valence-electron chi connectivity index (χ2n) is 14.7. The van der Waals surface area contributed by atoms with Crippen LogP contribution in [0.4, 0.5) is 0 Å². The summed E-state index contributed by atoms with van der Waals surface area (Å²) < 4.78 is 4.78. The predicted octanol–water partition coefficient (Wildman–Crippen LogP) is 12.5. The zero-order valence-electron chi connectivity index (χ0n) is 30.2. The fraction of sp³-hybridized carbons (Fsp3) is 0.0192. The Morgan fingerprint density at radius 1 is 0.411 bits per heavy atom. The molecule has 1 aromatic heterocycles. The number of hydrogen-bond acceptors (Lipinski definition) is 2. The summed E-state index contributed by atoms with van der Waals surface area (Å²) >= 11 is -0.568. The van der Waals surface area contributed by atoms with E-state index in [2.05, 4.69) is 199 Å². The second-order valence-corrected chi connectivity index (χ2v) is 17.2. The molecule has 1 spiro atoms. The van der Waals surface area contributed by atoms with Crippen LogP contribution >= 0.6 is 20.7 Å². The van der Waals surface area contributed by atoms with Gasteiger partial charge < -0.3 is 4.57 Å². The molecule has 0 saturated heterocycles. The van der Waals surface area contributed by atoms with E-state index in [0.717, 1.165) is 24.3 Å². The lowest BCUT2D eigenvalue weighted by molar-refractivity contribution is 0.749. The summed E-state index contributed by atoms with van der Waals surface area (Å²) in [7, 11) is 0. The third kappa shape index (κ3) is 4.47. The highest BCUT2D eigenvalue weighted by Crippen LogP contribution is 2.61. The van der Waals surface area contributed by atoms with Crippen LogP contribution in [0.3, 0.4) is 0 Å². The van der Waals surface area contributed by atoms with Crippen molar-refractivity contribution >= 4 is 55.7 Å². The number of aliphatic imine (C=N–C) groups is 2. The van der Waals surface area contributed by atoms with Crippen molar-refractivity contribution in [3.63, 3.8) is 0 Å². The molecule has 0 saturated carbocycles. The van der Waals surface area contributed by atoms with E-state index in [0.29, 0.717) is 0 Å². The lowest BCUT2D eigenvalue weighted by Gasteiger charge is -2.39. The second kappa shape index (κ2) is 12.3. The Kier molecular flexibility index (Phi) is 6.96. The summed E-state index contributed by atoms with van der Waals surface area (Å²) in [4.78, 5) is 10.5. The normalized spacial score (nSPS) is 16.4. The molecular weight excluding hydrogens is 793 g/mol. The topological polar surface area (TPSA) is 29.6 Å². The van der Waals surface area contributed by atoms with Crippen molar-refractivity contribution in [1.29, 1.82) is 0 Å². The van der Waals surface area contributed by atoms with Crippen molar-refractivity contribution in [2.75, 3.05) is 0 Å². The first-order valence-electron chi connectivity index (χ1n) is 19.1. The molecule has 12 rings (SSSR count). The van der Waals surface area contributed by atoms with Crippen molar-refractivity contribution < 1.29 is 0 Å². The van der Waals surface area contributed by atoms with Crippen molar-refractivity contribution in [2.45, 2.75) is 5.41 Å². The predicted molar refractivity (Wildman–Crippen MR) is 241 cm³/mol. The first-order valence-corrected chi connectivity index (χ1v) is 21.2. The Hall–Kier alpha value is -6.50. The number of rotatable bonds is 4. The number of fused-ring (bicyclic) bond motifs is 12. The molecule has 9 aromatic rings. The molecule has 262 valence electrons. The Labute approximate surface area is 334 Å². The zero-order valence-corrected chi connectivity index (χ0v) is 32.4. The quantitative estimate of drug-likeness (QED) is 0.158. The fourth-order valence-corrected chi connectivity index (χ4v) is 12.0. The van der Waals surface area contributed by atoms with E-state index in [4.69, 9.17) is 9.98 Å². The first-order chi connectivity index (χ1) is 27.8. The van der Waals surface area contributed by atoms with E-state index in [1.165, 1.54) is 77.6 Å². The van der Waals surface area contributed by atoms with Crippen LogP contribution in [-0.2, 0) is 5.41 Å². The van der Waals surface area contributed by atoms with Gasteiger partial charge in [-0.3, -0.25) is 0 Å². The molecule has 1 aliphatic carbocycles. The minimum atomic E-state index is -0.568. The van der Waals surface area contributed by atoms with Crippen molar-refractivity contribution in [3.05, 3.63) is 233 Å².